The fourth-order valence-electron chi connectivity index (χ4n) is 5.60. The second-order valence-corrected chi connectivity index (χ2v) is 9.83. The van der Waals surface area contributed by atoms with Crippen LogP contribution in [0.5, 0.6) is 0 Å². The van der Waals surface area contributed by atoms with Gasteiger partial charge in [0, 0.05) is 36.2 Å². The second-order valence-electron chi connectivity index (χ2n) is 9.83. The zero-order chi connectivity index (χ0) is 25.7. The summed E-state index contributed by atoms with van der Waals surface area (Å²) in [6.45, 7) is 5.34. The number of halogens is 1. The molecule has 0 radical (unpaired) electrons. The lowest BCUT2D eigenvalue weighted by Crippen LogP contribution is -2.52. The summed E-state index contributed by atoms with van der Waals surface area (Å²) in [4.78, 5) is 45.5. The largest absolute Gasteiger partial charge is 0.367 e. The molecular formula is C26H28FN7O3. The fraction of sp³-hybridized carbons (Fsp3) is 0.423. The van der Waals surface area contributed by atoms with Crippen LogP contribution in [-0.4, -0.2) is 68.4 Å². The van der Waals surface area contributed by atoms with Crippen molar-refractivity contribution in [3.05, 3.63) is 40.7 Å². The molecule has 3 amide bonds. The number of fused-ring (bicyclic) bond motifs is 2. The van der Waals surface area contributed by atoms with Crippen LogP contribution in [0.3, 0.4) is 0 Å². The molecule has 2 saturated heterocycles. The number of amides is 3. The van der Waals surface area contributed by atoms with Gasteiger partial charge in [0.05, 0.1) is 17.8 Å². The first kappa shape index (κ1) is 23.5. The van der Waals surface area contributed by atoms with Gasteiger partial charge in [-0.25, -0.2) is 9.37 Å². The van der Waals surface area contributed by atoms with Gasteiger partial charge >= 0.3 is 0 Å². The molecule has 2 fully saturated rings. The molecule has 3 N–H and O–H groups in total. The van der Waals surface area contributed by atoms with Crippen LogP contribution in [0, 0.1) is 5.82 Å². The zero-order valence-electron chi connectivity index (χ0n) is 20.6. The molecule has 0 spiro atoms. The first-order valence-corrected chi connectivity index (χ1v) is 12.7. The molecule has 1 aromatic carbocycles. The molecule has 5 heterocycles. The third-order valence-electron chi connectivity index (χ3n) is 7.47. The number of carbonyl (C=O) groups is 3. The number of pyridine rings is 1. The number of rotatable bonds is 6. The Bertz CT molecular complexity index is 1430. The SMILES string of the molecule is CCNc1n[nH]c2c(CN3CCCC3)cc(-c3ccc4c(c3F)CN(C3CCC(=O)NC3=O)C4=O)nc12. The molecule has 11 heteroatoms. The van der Waals surface area contributed by atoms with Crippen LogP contribution in [0.25, 0.3) is 22.3 Å². The normalized spacial score (nSPS) is 20.1. The minimum Gasteiger partial charge on any atom is -0.367 e. The van der Waals surface area contributed by atoms with Crippen LogP contribution in [-0.2, 0) is 22.7 Å². The molecule has 2 aromatic heterocycles. The van der Waals surface area contributed by atoms with E-state index in [-0.39, 0.29) is 36.4 Å². The van der Waals surface area contributed by atoms with Crippen LogP contribution in [0.1, 0.15) is 54.1 Å². The maximum absolute atomic E-state index is 16.0. The van der Waals surface area contributed by atoms with Crippen LogP contribution in [0.4, 0.5) is 10.2 Å². The number of anilines is 1. The van der Waals surface area contributed by atoms with Gasteiger partial charge in [0.1, 0.15) is 17.4 Å². The van der Waals surface area contributed by atoms with E-state index >= 15 is 4.39 Å². The molecule has 1 atom stereocenters. The molecule has 3 aromatic rings. The summed E-state index contributed by atoms with van der Waals surface area (Å²) in [7, 11) is 0. The molecule has 0 aliphatic carbocycles. The number of carbonyl (C=O) groups excluding carboxylic acids is 3. The smallest absolute Gasteiger partial charge is 0.255 e. The minimum absolute atomic E-state index is 0.0304. The van der Waals surface area contributed by atoms with E-state index in [2.05, 4.69) is 25.7 Å². The van der Waals surface area contributed by atoms with Crippen molar-refractivity contribution in [3.63, 3.8) is 0 Å². The summed E-state index contributed by atoms with van der Waals surface area (Å²) in [5.41, 5.74) is 3.70. The van der Waals surface area contributed by atoms with Crippen LogP contribution < -0.4 is 10.6 Å². The quantitative estimate of drug-likeness (QED) is 0.440. The first-order valence-electron chi connectivity index (χ1n) is 12.7. The minimum atomic E-state index is -0.796. The van der Waals surface area contributed by atoms with Gasteiger partial charge in [-0.2, -0.15) is 5.10 Å². The van der Waals surface area contributed by atoms with Crippen LogP contribution in [0.2, 0.25) is 0 Å². The number of piperidine rings is 1. The van der Waals surface area contributed by atoms with E-state index in [4.69, 9.17) is 4.98 Å². The van der Waals surface area contributed by atoms with Gasteiger partial charge in [-0.15, -0.1) is 0 Å². The standard InChI is InChI=1S/C26H28FN7O3/c1-2-28-24-23-22(31-32-24)14(12-33-9-3-4-10-33)11-18(29-23)16-6-5-15-17(21(16)27)13-34(26(15)37)19-7-8-20(35)30-25(19)36/h5-6,11,19H,2-4,7-10,12-13H2,1H3,(H2,28,31,32)(H,30,35,36). The van der Waals surface area contributed by atoms with Gasteiger partial charge in [0.25, 0.3) is 5.91 Å². The lowest BCUT2D eigenvalue weighted by molar-refractivity contribution is -0.136. The van der Waals surface area contributed by atoms with Crippen molar-refractivity contribution in [2.75, 3.05) is 25.0 Å². The number of likely N-dealkylation sites (tertiary alicyclic amines) is 1. The average molecular weight is 506 g/mol. The number of nitrogens with zero attached hydrogens (tertiary/aromatic N) is 4. The predicted molar refractivity (Wildman–Crippen MR) is 134 cm³/mol. The third-order valence-corrected chi connectivity index (χ3v) is 7.47. The lowest BCUT2D eigenvalue weighted by atomic mass is 10.0. The molecular weight excluding hydrogens is 477 g/mol. The fourth-order valence-corrected chi connectivity index (χ4v) is 5.60. The molecule has 6 rings (SSSR count). The van der Waals surface area contributed by atoms with Crippen LogP contribution in [0.15, 0.2) is 18.2 Å². The van der Waals surface area contributed by atoms with E-state index in [1.54, 1.807) is 12.1 Å². The molecule has 0 bridgehead atoms. The Morgan fingerprint density at radius 3 is 2.70 bits per heavy atom. The van der Waals surface area contributed by atoms with E-state index in [0.717, 1.165) is 37.0 Å². The Morgan fingerprint density at radius 1 is 1.16 bits per heavy atom. The number of H-pyrrole nitrogens is 1. The van der Waals surface area contributed by atoms with E-state index in [1.165, 1.54) is 4.90 Å². The van der Waals surface area contributed by atoms with E-state index in [1.807, 2.05) is 13.0 Å². The molecule has 1 unspecified atom stereocenters. The van der Waals surface area contributed by atoms with E-state index in [0.29, 0.717) is 35.7 Å². The van der Waals surface area contributed by atoms with Crippen molar-refractivity contribution >= 4 is 34.6 Å². The van der Waals surface area contributed by atoms with E-state index in [9.17, 15) is 14.4 Å². The molecule has 37 heavy (non-hydrogen) atoms. The molecule has 3 aliphatic rings. The Morgan fingerprint density at radius 2 is 1.95 bits per heavy atom. The summed E-state index contributed by atoms with van der Waals surface area (Å²) in [5, 5.41) is 13.0. The van der Waals surface area contributed by atoms with Gasteiger partial charge in [-0.3, -0.25) is 29.7 Å². The van der Waals surface area contributed by atoms with Crippen molar-refractivity contribution in [2.24, 2.45) is 0 Å². The summed E-state index contributed by atoms with van der Waals surface area (Å²) in [6, 6.07) is 4.29. The van der Waals surface area contributed by atoms with E-state index < -0.39 is 23.7 Å². The number of nitrogens with one attached hydrogen (secondary N) is 3. The molecule has 192 valence electrons. The van der Waals surface area contributed by atoms with Crippen LogP contribution >= 0.6 is 0 Å². The summed E-state index contributed by atoms with van der Waals surface area (Å²) < 4.78 is 16.0. The number of aromatic nitrogens is 3. The molecule has 0 saturated carbocycles. The highest BCUT2D eigenvalue weighted by Gasteiger charge is 2.40. The maximum atomic E-state index is 16.0. The highest BCUT2D eigenvalue weighted by molar-refractivity contribution is 6.05. The highest BCUT2D eigenvalue weighted by atomic mass is 19.1. The monoisotopic (exact) mass is 505 g/mol. The lowest BCUT2D eigenvalue weighted by Gasteiger charge is -2.29. The number of hydrogen-bond acceptors (Lipinski definition) is 7. The highest BCUT2D eigenvalue weighted by Crippen LogP contribution is 2.36. The Hall–Kier alpha value is -3.86. The van der Waals surface area contributed by atoms with Gasteiger partial charge in [-0.1, -0.05) is 0 Å². The number of benzene rings is 1. The molecule has 3 aliphatic heterocycles. The first-order chi connectivity index (χ1) is 17.9. The van der Waals surface area contributed by atoms with Crippen molar-refractivity contribution in [1.29, 1.82) is 0 Å². The number of hydrogen-bond donors (Lipinski definition) is 3. The number of aromatic amines is 1. The van der Waals surface area contributed by atoms with Crippen molar-refractivity contribution in [1.82, 2.24) is 30.3 Å². The summed E-state index contributed by atoms with van der Waals surface area (Å²) >= 11 is 0. The summed E-state index contributed by atoms with van der Waals surface area (Å²) in [6.07, 6.45) is 2.69. The Labute approximate surface area is 212 Å². The molecule has 10 nitrogen and oxygen atoms in total. The van der Waals surface area contributed by atoms with Gasteiger partial charge in [0.2, 0.25) is 11.8 Å². The van der Waals surface area contributed by atoms with Crippen molar-refractivity contribution < 1.29 is 18.8 Å². The van der Waals surface area contributed by atoms with Crippen molar-refractivity contribution in [3.8, 4) is 11.3 Å². The summed E-state index contributed by atoms with van der Waals surface area (Å²) in [5.74, 6) is -1.19. The third kappa shape index (κ3) is 4.03. The maximum Gasteiger partial charge on any atom is 0.255 e. The zero-order valence-corrected chi connectivity index (χ0v) is 20.6. The van der Waals surface area contributed by atoms with Crippen molar-refractivity contribution in [2.45, 2.75) is 51.7 Å². The second kappa shape index (κ2) is 9.22. The average Bonchev–Trinajstić information content (AvgIpc) is 3.61. The topological polar surface area (TPSA) is 123 Å². The Balaban J connectivity index is 1.39. The van der Waals surface area contributed by atoms with Gasteiger partial charge in [-0.05, 0) is 63.0 Å². The van der Waals surface area contributed by atoms with Gasteiger partial charge < -0.3 is 10.2 Å². The predicted octanol–water partition coefficient (Wildman–Crippen LogP) is 2.55. The van der Waals surface area contributed by atoms with Gasteiger partial charge in [0.15, 0.2) is 5.82 Å². The Kier molecular flexibility index (Phi) is 5.86. The number of imide groups is 1.